The minimum absolute atomic E-state index is 0.268. The number of carbonyl (C=O) groups is 1. The third-order valence-corrected chi connectivity index (χ3v) is 10.6. The molecular formula is C26H32N2O3Si. The maximum absolute atomic E-state index is 12.3. The second-order valence-corrected chi connectivity index (χ2v) is 12.5. The van der Waals surface area contributed by atoms with E-state index in [2.05, 4.69) is 24.1 Å². The van der Waals surface area contributed by atoms with Gasteiger partial charge in [-0.1, -0.05) is 74.5 Å². The van der Waals surface area contributed by atoms with Crippen LogP contribution in [0.5, 0.6) is 5.75 Å². The Balaban J connectivity index is 1.93. The van der Waals surface area contributed by atoms with Crippen LogP contribution in [0.2, 0.25) is 5.04 Å². The number of hydrogen-bond acceptors (Lipinski definition) is 4. The highest BCUT2D eigenvalue weighted by Crippen LogP contribution is 2.40. The predicted molar refractivity (Wildman–Crippen MR) is 131 cm³/mol. The van der Waals surface area contributed by atoms with Gasteiger partial charge in [-0.3, -0.25) is 4.79 Å². The molecule has 0 aliphatic rings. The average Bonchev–Trinajstić information content (AvgIpc) is 2.83. The fraction of sp³-hybridized carbons (Fsp3) is 0.308. The second-order valence-electron chi connectivity index (χ2n) is 8.53. The Kier molecular flexibility index (Phi) is 7.48. The Morgan fingerprint density at radius 3 is 2.12 bits per heavy atom. The largest absolute Gasteiger partial charge is 0.491 e. The van der Waals surface area contributed by atoms with Crippen molar-refractivity contribution in [2.24, 2.45) is 0 Å². The zero-order chi connectivity index (χ0) is 23.2. The van der Waals surface area contributed by atoms with E-state index in [0.717, 1.165) is 22.4 Å². The highest BCUT2D eigenvalue weighted by molar-refractivity contribution is 6.98. The van der Waals surface area contributed by atoms with E-state index in [0.29, 0.717) is 18.8 Å². The summed E-state index contributed by atoms with van der Waals surface area (Å²) >= 11 is 0. The van der Waals surface area contributed by atoms with Crippen LogP contribution in [-0.4, -0.2) is 37.7 Å². The number of carbonyl (C=O) groups excluding carboxylic acids is 1. The maximum atomic E-state index is 12.3. The molecule has 0 saturated heterocycles. The van der Waals surface area contributed by atoms with Crippen molar-refractivity contribution >= 4 is 24.6 Å². The lowest BCUT2D eigenvalue weighted by Crippen LogP contribution is -2.65. The van der Waals surface area contributed by atoms with Gasteiger partial charge in [0.05, 0.1) is 6.61 Å². The number of ether oxygens (including phenoxy) is 1. The Bertz CT molecular complexity index is 1000. The first-order valence-corrected chi connectivity index (χ1v) is 13.0. The van der Waals surface area contributed by atoms with Crippen molar-refractivity contribution in [2.75, 3.05) is 13.7 Å². The summed E-state index contributed by atoms with van der Waals surface area (Å²) in [5.41, 5.74) is 1.27. The molecule has 0 fully saturated rings. The average molecular weight is 449 g/mol. The molecule has 3 rings (SSSR count). The van der Waals surface area contributed by atoms with Gasteiger partial charge in [0.15, 0.2) is 11.4 Å². The molecule has 2 aromatic carbocycles. The molecule has 1 aromatic heterocycles. The van der Waals surface area contributed by atoms with Crippen molar-refractivity contribution in [3.05, 3.63) is 84.2 Å². The SMILES string of the molecule is CCOc1cc(CCC(C)(C)[Si](O)(c2ccccc2)c2ccccc2)cnc1C(=O)NC. The molecule has 6 heteroatoms. The predicted octanol–water partition coefficient (Wildman–Crippen LogP) is 3.30. The third-order valence-electron chi connectivity index (χ3n) is 6.05. The zero-order valence-corrected chi connectivity index (χ0v) is 20.3. The first-order valence-electron chi connectivity index (χ1n) is 11.0. The van der Waals surface area contributed by atoms with Gasteiger partial charge in [0.2, 0.25) is 0 Å². The minimum Gasteiger partial charge on any atom is -0.491 e. The Morgan fingerprint density at radius 2 is 1.62 bits per heavy atom. The minimum atomic E-state index is -3.06. The Morgan fingerprint density at radius 1 is 1.06 bits per heavy atom. The van der Waals surface area contributed by atoms with Crippen LogP contribution < -0.4 is 20.4 Å². The van der Waals surface area contributed by atoms with Gasteiger partial charge in [-0.15, -0.1) is 0 Å². The van der Waals surface area contributed by atoms with Crippen molar-refractivity contribution in [1.82, 2.24) is 10.3 Å². The first-order chi connectivity index (χ1) is 15.3. The molecule has 0 spiro atoms. The molecule has 0 radical (unpaired) electrons. The molecule has 0 bridgehead atoms. The van der Waals surface area contributed by atoms with Crippen LogP contribution in [0.3, 0.4) is 0 Å². The van der Waals surface area contributed by atoms with Crippen molar-refractivity contribution in [2.45, 2.75) is 38.7 Å². The van der Waals surface area contributed by atoms with Crippen LogP contribution in [0.1, 0.15) is 43.2 Å². The van der Waals surface area contributed by atoms with E-state index in [1.54, 1.807) is 13.2 Å². The smallest absolute Gasteiger partial charge is 0.273 e. The van der Waals surface area contributed by atoms with E-state index in [1.807, 2.05) is 73.7 Å². The highest BCUT2D eigenvalue weighted by atomic mass is 28.4. The van der Waals surface area contributed by atoms with Crippen molar-refractivity contribution in [3.63, 3.8) is 0 Å². The van der Waals surface area contributed by atoms with Crippen molar-refractivity contribution in [3.8, 4) is 5.75 Å². The van der Waals surface area contributed by atoms with Gasteiger partial charge in [-0.05, 0) is 46.8 Å². The molecule has 1 heterocycles. The first kappa shape index (κ1) is 23.7. The number of aryl methyl sites for hydroxylation is 1. The number of aromatic nitrogens is 1. The van der Waals surface area contributed by atoms with Crippen LogP contribution >= 0.6 is 0 Å². The Labute approximate surface area is 191 Å². The molecule has 32 heavy (non-hydrogen) atoms. The quantitative estimate of drug-likeness (QED) is 0.493. The van der Waals surface area contributed by atoms with E-state index >= 15 is 0 Å². The van der Waals surface area contributed by atoms with Gasteiger partial charge in [-0.25, -0.2) is 4.98 Å². The van der Waals surface area contributed by atoms with Crippen LogP contribution in [0, 0.1) is 0 Å². The molecule has 0 unspecified atom stereocenters. The summed E-state index contributed by atoms with van der Waals surface area (Å²) in [6, 6.07) is 21.9. The summed E-state index contributed by atoms with van der Waals surface area (Å²) in [6.07, 6.45) is 3.20. The summed E-state index contributed by atoms with van der Waals surface area (Å²) in [4.78, 5) is 28.8. The molecule has 0 aliphatic heterocycles. The molecule has 5 nitrogen and oxygen atoms in total. The second kappa shape index (κ2) is 10.1. The summed E-state index contributed by atoms with van der Waals surface area (Å²) in [5.74, 6) is 0.219. The molecule has 0 atom stereocenters. The summed E-state index contributed by atoms with van der Waals surface area (Å²) in [5, 5.41) is 4.24. The molecule has 1 amide bonds. The number of nitrogens with zero attached hydrogens (tertiary/aromatic N) is 1. The number of benzene rings is 2. The summed E-state index contributed by atoms with van der Waals surface area (Å²) in [6.45, 7) is 6.63. The fourth-order valence-corrected chi connectivity index (χ4v) is 7.85. The molecule has 2 N–H and O–H groups in total. The van der Waals surface area contributed by atoms with E-state index < -0.39 is 8.32 Å². The van der Waals surface area contributed by atoms with E-state index in [1.165, 1.54) is 0 Å². The molecule has 3 aromatic rings. The van der Waals surface area contributed by atoms with E-state index in [-0.39, 0.29) is 16.6 Å². The van der Waals surface area contributed by atoms with Gasteiger partial charge in [0, 0.05) is 13.2 Å². The highest BCUT2D eigenvalue weighted by Gasteiger charge is 2.49. The number of rotatable bonds is 9. The maximum Gasteiger partial charge on any atom is 0.273 e. The van der Waals surface area contributed by atoms with Gasteiger partial charge in [0.25, 0.3) is 14.2 Å². The van der Waals surface area contributed by atoms with Gasteiger partial charge in [-0.2, -0.15) is 0 Å². The monoisotopic (exact) mass is 448 g/mol. The number of hydrogen-bond donors (Lipinski definition) is 2. The van der Waals surface area contributed by atoms with E-state index in [4.69, 9.17) is 4.74 Å². The van der Waals surface area contributed by atoms with Crippen LogP contribution in [0.25, 0.3) is 0 Å². The summed E-state index contributed by atoms with van der Waals surface area (Å²) in [7, 11) is -1.48. The standard InChI is InChI=1S/C26H32N2O3Si/c1-5-31-23-18-20(19-28-24(23)25(29)27-4)16-17-26(2,3)32(30,21-12-8-6-9-13-21)22-14-10-7-11-15-22/h6-15,18-19,30H,5,16-17H2,1-4H3,(H,27,29). The van der Waals surface area contributed by atoms with Gasteiger partial charge < -0.3 is 14.8 Å². The topological polar surface area (TPSA) is 71.5 Å². The molecular weight excluding hydrogens is 416 g/mol. The van der Waals surface area contributed by atoms with Gasteiger partial charge >= 0.3 is 0 Å². The van der Waals surface area contributed by atoms with Gasteiger partial charge in [0.1, 0.15) is 0 Å². The lowest BCUT2D eigenvalue weighted by Gasteiger charge is -2.41. The van der Waals surface area contributed by atoms with Crippen LogP contribution in [0.4, 0.5) is 0 Å². The van der Waals surface area contributed by atoms with Crippen LogP contribution in [-0.2, 0) is 6.42 Å². The molecule has 0 aliphatic carbocycles. The normalized spacial score (nSPS) is 11.8. The number of amides is 1. The lowest BCUT2D eigenvalue weighted by atomic mass is 10.0. The molecule has 0 saturated carbocycles. The third kappa shape index (κ3) is 4.76. The number of nitrogens with one attached hydrogen (secondary N) is 1. The molecule has 168 valence electrons. The Hall–Kier alpha value is -2.96. The lowest BCUT2D eigenvalue weighted by molar-refractivity contribution is 0.0954. The van der Waals surface area contributed by atoms with Crippen LogP contribution in [0.15, 0.2) is 72.9 Å². The van der Waals surface area contributed by atoms with Crippen molar-refractivity contribution in [1.29, 1.82) is 0 Å². The van der Waals surface area contributed by atoms with Crippen molar-refractivity contribution < 1.29 is 14.3 Å². The number of pyridine rings is 1. The van der Waals surface area contributed by atoms with E-state index in [9.17, 15) is 9.59 Å². The fourth-order valence-electron chi connectivity index (χ4n) is 4.12. The summed E-state index contributed by atoms with van der Waals surface area (Å²) < 4.78 is 5.67. The zero-order valence-electron chi connectivity index (χ0n) is 19.3.